The zero-order valence-corrected chi connectivity index (χ0v) is 15.6. The monoisotopic (exact) mass is 398 g/mol. The lowest BCUT2D eigenvalue weighted by atomic mass is 9.96. The maximum Gasteiger partial charge on any atom is 0.241 e. The summed E-state index contributed by atoms with van der Waals surface area (Å²) in [5.74, 6) is -0.196. The molecule has 6 nitrogen and oxygen atoms in total. The number of aromatic nitrogens is 2. The van der Waals surface area contributed by atoms with E-state index >= 15 is 0 Å². The number of likely N-dealkylation sites (tertiary alicyclic amines) is 1. The molecule has 3 aromatic rings. The third kappa shape index (κ3) is 4.65. The molecule has 1 fully saturated rings. The molecule has 0 bridgehead atoms. The molecule has 2 heterocycles. The summed E-state index contributed by atoms with van der Waals surface area (Å²) in [5.41, 5.74) is 0.893. The predicted molar refractivity (Wildman–Crippen MR) is 103 cm³/mol. The third-order valence-electron chi connectivity index (χ3n) is 5.02. The number of nitrogens with one attached hydrogen (secondary N) is 1. The van der Waals surface area contributed by atoms with Crippen LogP contribution in [0.5, 0.6) is 0 Å². The van der Waals surface area contributed by atoms with Crippen molar-refractivity contribution in [3.8, 4) is 11.4 Å². The van der Waals surface area contributed by atoms with E-state index in [2.05, 4.69) is 20.4 Å². The van der Waals surface area contributed by atoms with Gasteiger partial charge in [0.25, 0.3) is 0 Å². The van der Waals surface area contributed by atoms with E-state index in [4.69, 9.17) is 4.52 Å². The summed E-state index contributed by atoms with van der Waals surface area (Å²) in [6.45, 7) is 1.88. The number of piperidine rings is 1. The fourth-order valence-corrected chi connectivity index (χ4v) is 3.38. The first-order valence-corrected chi connectivity index (χ1v) is 9.45. The summed E-state index contributed by atoms with van der Waals surface area (Å²) >= 11 is 0. The SMILES string of the molecule is O=C(Nc1ccccc1F)C1CCN(Cc2nc(-c3ccc(F)cc3)no2)CC1. The quantitative estimate of drug-likeness (QED) is 0.707. The van der Waals surface area contributed by atoms with Gasteiger partial charge >= 0.3 is 0 Å². The zero-order chi connectivity index (χ0) is 20.2. The van der Waals surface area contributed by atoms with Crippen LogP contribution in [0.25, 0.3) is 11.4 Å². The highest BCUT2D eigenvalue weighted by atomic mass is 19.1. The van der Waals surface area contributed by atoms with Gasteiger partial charge in [0, 0.05) is 11.5 Å². The lowest BCUT2D eigenvalue weighted by Crippen LogP contribution is -2.37. The number of hydrogen-bond donors (Lipinski definition) is 1. The zero-order valence-electron chi connectivity index (χ0n) is 15.6. The van der Waals surface area contributed by atoms with Crippen LogP contribution in [-0.4, -0.2) is 34.0 Å². The van der Waals surface area contributed by atoms with Gasteiger partial charge in [-0.3, -0.25) is 9.69 Å². The van der Waals surface area contributed by atoms with Gasteiger partial charge in [-0.2, -0.15) is 4.98 Å². The van der Waals surface area contributed by atoms with Gasteiger partial charge in [0.1, 0.15) is 11.6 Å². The molecule has 0 unspecified atom stereocenters. The van der Waals surface area contributed by atoms with Crippen molar-refractivity contribution >= 4 is 11.6 Å². The minimum Gasteiger partial charge on any atom is -0.338 e. The number of nitrogens with zero attached hydrogens (tertiary/aromatic N) is 3. The fraction of sp³-hybridized carbons (Fsp3) is 0.286. The minimum atomic E-state index is -0.438. The summed E-state index contributed by atoms with van der Waals surface area (Å²) in [7, 11) is 0. The molecular formula is C21H20F2N4O2. The molecule has 8 heteroatoms. The predicted octanol–water partition coefficient (Wildman–Crippen LogP) is 3.87. The van der Waals surface area contributed by atoms with Crippen LogP contribution < -0.4 is 5.32 Å². The second kappa shape index (κ2) is 8.48. The van der Waals surface area contributed by atoms with Crippen molar-refractivity contribution in [2.24, 2.45) is 5.92 Å². The Bertz CT molecular complexity index is 982. The van der Waals surface area contributed by atoms with Crippen LogP contribution in [0.2, 0.25) is 0 Å². The maximum absolute atomic E-state index is 13.7. The average Bonchev–Trinajstić information content (AvgIpc) is 3.19. The third-order valence-corrected chi connectivity index (χ3v) is 5.02. The fourth-order valence-electron chi connectivity index (χ4n) is 3.38. The molecule has 2 aromatic carbocycles. The van der Waals surface area contributed by atoms with Gasteiger partial charge in [0.05, 0.1) is 12.2 Å². The average molecular weight is 398 g/mol. The van der Waals surface area contributed by atoms with Crippen molar-refractivity contribution in [2.75, 3.05) is 18.4 Å². The molecule has 1 amide bonds. The highest BCUT2D eigenvalue weighted by Gasteiger charge is 2.26. The molecule has 0 radical (unpaired) electrons. The van der Waals surface area contributed by atoms with Gasteiger partial charge in [0.15, 0.2) is 0 Å². The van der Waals surface area contributed by atoms with Gasteiger partial charge in [0.2, 0.25) is 17.6 Å². The number of para-hydroxylation sites is 1. The van der Waals surface area contributed by atoms with Crippen molar-refractivity contribution in [2.45, 2.75) is 19.4 Å². The van der Waals surface area contributed by atoms with Crippen LogP contribution in [0.1, 0.15) is 18.7 Å². The minimum absolute atomic E-state index is 0.161. The van der Waals surface area contributed by atoms with Gasteiger partial charge < -0.3 is 9.84 Å². The Balaban J connectivity index is 1.29. The number of carbonyl (C=O) groups excluding carboxylic acids is 1. The molecule has 0 atom stereocenters. The van der Waals surface area contributed by atoms with E-state index in [1.165, 1.54) is 18.2 Å². The molecule has 1 aliphatic heterocycles. The Kier molecular flexibility index (Phi) is 5.62. The number of halogens is 2. The molecule has 1 aliphatic rings. The highest BCUT2D eigenvalue weighted by Crippen LogP contribution is 2.22. The molecule has 1 aromatic heterocycles. The van der Waals surface area contributed by atoms with Gasteiger partial charge in [-0.05, 0) is 62.3 Å². The van der Waals surface area contributed by atoms with Gasteiger partial charge in [-0.15, -0.1) is 0 Å². The first kappa shape index (κ1) is 19.2. The second-order valence-electron chi connectivity index (χ2n) is 7.04. The largest absolute Gasteiger partial charge is 0.338 e. The number of amides is 1. The Labute approximate surface area is 166 Å². The molecule has 4 rings (SSSR count). The van der Waals surface area contributed by atoms with E-state index in [-0.39, 0.29) is 23.3 Å². The van der Waals surface area contributed by atoms with E-state index in [1.54, 1.807) is 30.3 Å². The van der Waals surface area contributed by atoms with Crippen molar-refractivity contribution < 1.29 is 18.1 Å². The Hall–Kier alpha value is -3.13. The summed E-state index contributed by atoms with van der Waals surface area (Å²) < 4.78 is 32.0. The van der Waals surface area contributed by atoms with Crippen LogP contribution in [0.15, 0.2) is 53.1 Å². The van der Waals surface area contributed by atoms with Crippen molar-refractivity contribution in [1.29, 1.82) is 0 Å². The first-order chi connectivity index (χ1) is 14.1. The first-order valence-electron chi connectivity index (χ1n) is 9.45. The molecule has 0 saturated carbocycles. The number of carbonyl (C=O) groups is 1. The molecule has 29 heavy (non-hydrogen) atoms. The van der Waals surface area contributed by atoms with Gasteiger partial charge in [-0.1, -0.05) is 17.3 Å². The summed E-state index contributed by atoms with van der Waals surface area (Å²) in [5, 5.41) is 6.61. The van der Waals surface area contributed by atoms with Crippen LogP contribution in [0.4, 0.5) is 14.5 Å². The molecular weight excluding hydrogens is 378 g/mol. The number of anilines is 1. The molecule has 150 valence electrons. The number of hydrogen-bond acceptors (Lipinski definition) is 5. The van der Waals surface area contributed by atoms with E-state index in [9.17, 15) is 13.6 Å². The van der Waals surface area contributed by atoms with Crippen LogP contribution in [0.3, 0.4) is 0 Å². The summed E-state index contributed by atoms with van der Waals surface area (Å²) in [4.78, 5) is 18.9. The number of rotatable bonds is 5. The van der Waals surface area contributed by atoms with E-state index in [0.29, 0.717) is 49.8 Å². The lowest BCUT2D eigenvalue weighted by Gasteiger charge is -2.30. The Morgan fingerprint density at radius 2 is 1.83 bits per heavy atom. The Morgan fingerprint density at radius 3 is 2.55 bits per heavy atom. The standard InChI is InChI=1S/C21H20F2N4O2/c22-16-7-5-14(6-8-16)20-25-19(29-26-20)13-27-11-9-15(10-12-27)21(28)24-18-4-2-1-3-17(18)23/h1-8,15H,9-13H2,(H,24,28). The normalized spacial score (nSPS) is 15.4. The van der Waals surface area contributed by atoms with E-state index < -0.39 is 5.82 Å². The van der Waals surface area contributed by atoms with Crippen molar-refractivity contribution in [3.05, 3.63) is 66.1 Å². The van der Waals surface area contributed by atoms with Crippen LogP contribution in [0, 0.1) is 17.6 Å². The number of benzene rings is 2. The van der Waals surface area contributed by atoms with Gasteiger partial charge in [-0.25, -0.2) is 8.78 Å². The van der Waals surface area contributed by atoms with E-state index in [0.717, 1.165) is 0 Å². The summed E-state index contributed by atoms with van der Waals surface area (Å²) in [6.07, 6.45) is 1.33. The molecule has 0 aliphatic carbocycles. The van der Waals surface area contributed by atoms with Crippen LogP contribution in [-0.2, 0) is 11.3 Å². The highest BCUT2D eigenvalue weighted by molar-refractivity contribution is 5.92. The molecule has 1 N–H and O–H groups in total. The molecule has 1 saturated heterocycles. The topological polar surface area (TPSA) is 71.3 Å². The Morgan fingerprint density at radius 1 is 1.10 bits per heavy atom. The van der Waals surface area contributed by atoms with Crippen molar-refractivity contribution in [1.82, 2.24) is 15.0 Å². The lowest BCUT2D eigenvalue weighted by molar-refractivity contribution is -0.121. The van der Waals surface area contributed by atoms with E-state index in [1.807, 2.05) is 0 Å². The van der Waals surface area contributed by atoms with Crippen LogP contribution >= 0.6 is 0 Å². The maximum atomic E-state index is 13.7. The smallest absolute Gasteiger partial charge is 0.241 e. The second-order valence-corrected chi connectivity index (χ2v) is 7.04. The summed E-state index contributed by atoms with van der Waals surface area (Å²) in [6, 6.07) is 12.0. The van der Waals surface area contributed by atoms with Crippen molar-refractivity contribution in [3.63, 3.8) is 0 Å². The molecule has 0 spiro atoms.